The number of hydrogen-bond acceptors (Lipinski definition) is 5. The van der Waals surface area contributed by atoms with Crippen LogP contribution in [-0.2, 0) is 9.59 Å². The molecule has 0 aliphatic rings. The van der Waals surface area contributed by atoms with Crippen molar-refractivity contribution >= 4 is 23.2 Å². The Morgan fingerprint density at radius 1 is 1.12 bits per heavy atom. The summed E-state index contributed by atoms with van der Waals surface area (Å²) in [6.45, 7) is 3.56. The maximum absolute atomic E-state index is 13.0. The second-order valence-corrected chi connectivity index (χ2v) is 6.69. The van der Waals surface area contributed by atoms with Crippen molar-refractivity contribution in [2.45, 2.75) is 39.2 Å². The highest BCUT2D eigenvalue weighted by Crippen LogP contribution is 2.29. The predicted octanol–water partition coefficient (Wildman–Crippen LogP) is 2.83. The van der Waals surface area contributed by atoms with Crippen LogP contribution >= 0.6 is 11.3 Å². The molecule has 134 valence electrons. The van der Waals surface area contributed by atoms with E-state index in [1.807, 2.05) is 0 Å². The van der Waals surface area contributed by atoms with Gasteiger partial charge >= 0.3 is 0 Å². The van der Waals surface area contributed by atoms with Gasteiger partial charge in [0.25, 0.3) is 0 Å². The van der Waals surface area contributed by atoms with Crippen LogP contribution in [0.3, 0.4) is 0 Å². The first-order valence-corrected chi connectivity index (χ1v) is 8.88. The van der Waals surface area contributed by atoms with Crippen molar-refractivity contribution in [2.24, 2.45) is 0 Å². The smallest absolute Gasteiger partial charge is 0.217 e. The second-order valence-electron chi connectivity index (χ2n) is 5.68. The number of unbranched alkanes of at least 4 members (excludes halogenated alkanes) is 1. The molecule has 0 saturated carbocycles. The number of nitrogens with one attached hydrogen (secondary N) is 2. The second kappa shape index (κ2) is 9.22. The first kappa shape index (κ1) is 19.0. The van der Waals surface area contributed by atoms with Gasteiger partial charge in [-0.25, -0.2) is 4.39 Å². The van der Waals surface area contributed by atoms with E-state index in [0.29, 0.717) is 23.0 Å². The Morgan fingerprint density at radius 2 is 1.84 bits per heavy atom. The van der Waals surface area contributed by atoms with Gasteiger partial charge < -0.3 is 10.6 Å². The molecule has 0 bridgehead atoms. The van der Waals surface area contributed by atoms with Crippen LogP contribution in [0.1, 0.15) is 44.2 Å². The number of benzene rings is 1. The number of amides is 2. The summed E-state index contributed by atoms with van der Waals surface area (Å²) in [6.07, 6.45) is 2.35. The van der Waals surface area contributed by atoms with E-state index >= 15 is 0 Å². The predicted molar refractivity (Wildman–Crippen MR) is 94.4 cm³/mol. The number of carbonyl (C=O) groups excluding carboxylic acids is 2. The van der Waals surface area contributed by atoms with Crippen molar-refractivity contribution < 1.29 is 14.0 Å². The molecular weight excluding hydrogens is 343 g/mol. The molecule has 8 heteroatoms. The molecule has 1 atom stereocenters. The molecule has 2 N–H and O–H groups in total. The lowest BCUT2D eigenvalue weighted by atomic mass is 10.1. The van der Waals surface area contributed by atoms with E-state index in [-0.39, 0.29) is 23.7 Å². The van der Waals surface area contributed by atoms with Crippen molar-refractivity contribution in [2.75, 3.05) is 6.54 Å². The molecule has 1 unspecified atom stereocenters. The normalized spacial score (nSPS) is 11.8. The first-order chi connectivity index (χ1) is 12.0. The summed E-state index contributed by atoms with van der Waals surface area (Å²) in [7, 11) is 0. The highest BCUT2D eigenvalue weighted by molar-refractivity contribution is 7.14. The number of aromatic nitrogens is 2. The Kier molecular flexibility index (Phi) is 7.00. The zero-order valence-corrected chi connectivity index (χ0v) is 15.0. The zero-order chi connectivity index (χ0) is 18.2. The number of rotatable bonds is 8. The SMILES string of the molecule is CC(=O)NCCCCC(NC(C)=O)c1nnc(-c2ccc(F)cc2)s1. The maximum atomic E-state index is 13.0. The topological polar surface area (TPSA) is 84.0 Å². The van der Waals surface area contributed by atoms with Crippen molar-refractivity contribution in [1.29, 1.82) is 0 Å². The third-order valence-electron chi connectivity index (χ3n) is 3.50. The van der Waals surface area contributed by atoms with Crippen LogP contribution in [0.4, 0.5) is 4.39 Å². The van der Waals surface area contributed by atoms with Crippen LogP contribution in [-0.4, -0.2) is 28.6 Å². The van der Waals surface area contributed by atoms with Crippen LogP contribution in [0.2, 0.25) is 0 Å². The summed E-state index contributed by atoms with van der Waals surface area (Å²) in [4.78, 5) is 22.3. The Bertz CT molecular complexity index is 718. The van der Waals surface area contributed by atoms with Gasteiger partial charge in [-0.1, -0.05) is 11.3 Å². The highest BCUT2D eigenvalue weighted by Gasteiger charge is 2.18. The van der Waals surface area contributed by atoms with Gasteiger partial charge in [0.2, 0.25) is 11.8 Å². The fourth-order valence-corrected chi connectivity index (χ4v) is 3.26. The van der Waals surface area contributed by atoms with E-state index in [4.69, 9.17) is 0 Å². The fourth-order valence-electron chi connectivity index (χ4n) is 2.33. The third-order valence-corrected chi connectivity index (χ3v) is 4.59. The summed E-state index contributed by atoms with van der Waals surface area (Å²) in [5.74, 6) is -0.486. The van der Waals surface area contributed by atoms with Crippen LogP contribution in [0, 0.1) is 5.82 Å². The Morgan fingerprint density at radius 3 is 2.48 bits per heavy atom. The van der Waals surface area contributed by atoms with Gasteiger partial charge in [-0.05, 0) is 43.5 Å². The molecule has 25 heavy (non-hydrogen) atoms. The third kappa shape index (κ3) is 6.22. The van der Waals surface area contributed by atoms with Gasteiger partial charge in [0.15, 0.2) is 0 Å². The molecule has 6 nitrogen and oxygen atoms in total. The molecule has 0 fully saturated rings. The molecule has 0 saturated heterocycles. The lowest BCUT2D eigenvalue weighted by Crippen LogP contribution is -2.26. The summed E-state index contributed by atoms with van der Waals surface area (Å²) in [5.41, 5.74) is 0.789. The summed E-state index contributed by atoms with van der Waals surface area (Å²) >= 11 is 1.38. The molecule has 1 heterocycles. The van der Waals surface area contributed by atoms with Gasteiger partial charge in [-0.3, -0.25) is 9.59 Å². The van der Waals surface area contributed by atoms with Gasteiger partial charge in [-0.2, -0.15) is 0 Å². The molecular formula is C17H21FN4O2S. The van der Waals surface area contributed by atoms with Crippen molar-refractivity contribution in [1.82, 2.24) is 20.8 Å². The van der Waals surface area contributed by atoms with E-state index in [0.717, 1.165) is 18.4 Å². The molecule has 0 spiro atoms. The Hall–Kier alpha value is -2.35. The quantitative estimate of drug-likeness (QED) is 0.706. The van der Waals surface area contributed by atoms with Gasteiger partial charge in [0.1, 0.15) is 15.8 Å². The van der Waals surface area contributed by atoms with Crippen LogP contribution < -0.4 is 10.6 Å². The molecule has 2 aromatic rings. The minimum Gasteiger partial charge on any atom is -0.356 e. The van der Waals surface area contributed by atoms with E-state index < -0.39 is 0 Å². The van der Waals surface area contributed by atoms with E-state index in [2.05, 4.69) is 20.8 Å². The van der Waals surface area contributed by atoms with Crippen molar-refractivity contribution in [3.8, 4) is 10.6 Å². The lowest BCUT2D eigenvalue weighted by Gasteiger charge is -2.14. The molecule has 0 aliphatic heterocycles. The standard InChI is InChI=1S/C17H21FN4O2S/c1-11(23)19-10-4-3-5-15(20-12(2)24)17-22-21-16(25-17)13-6-8-14(18)9-7-13/h6-9,15H,3-5,10H2,1-2H3,(H,19,23)(H,20,24). The first-order valence-electron chi connectivity index (χ1n) is 8.06. The fraction of sp³-hybridized carbons (Fsp3) is 0.412. The molecule has 2 rings (SSSR count). The van der Waals surface area contributed by atoms with E-state index in [9.17, 15) is 14.0 Å². The minimum absolute atomic E-state index is 0.0496. The van der Waals surface area contributed by atoms with Gasteiger partial charge in [0.05, 0.1) is 6.04 Å². The average Bonchev–Trinajstić information content (AvgIpc) is 3.03. The van der Waals surface area contributed by atoms with Crippen LogP contribution in [0.5, 0.6) is 0 Å². The highest BCUT2D eigenvalue weighted by atomic mass is 32.1. The largest absolute Gasteiger partial charge is 0.356 e. The van der Waals surface area contributed by atoms with E-state index in [1.54, 1.807) is 12.1 Å². The maximum Gasteiger partial charge on any atom is 0.217 e. The Balaban J connectivity index is 2.01. The summed E-state index contributed by atoms with van der Waals surface area (Å²) in [6, 6.07) is 5.84. The van der Waals surface area contributed by atoms with Crippen LogP contribution in [0.25, 0.3) is 10.6 Å². The molecule has 1 aromatic carbocycles. The van der Waals surface area contributed by atoms with Crippen LogP contribution in [0.15, 0.2) is 24.3 Å². The number of nitrogens with zero attached hydrogens (tertiary/aromatic N) is 2. The van der Waals surface area contributed by atoms with Crippen molar-refractivity contribution in [3.63, 3.8) is 0 Å². The molecule has 0 radical (unpaired) electrons. The molecule has 2 amide bonds. The average molecular weight is 364 g/mol. The summed E-state index contributed by atoms with van der Waals surface area (Å²) < 4.78 is 13.0. The molecule has 1 aromatic heterocycles. The zero-order valence-electron chi connectivity index (χ0n) is 14.2. The number of carbonyl (C=O) groups is 2. The minimum atomic E-state index is -0.302. The molecule has 0 aliphatic carbocycles. The van der Waals surface area contributed by atoms with Gasteiger partial charge in [0, 0.05) is 26.0 Å². The lowest BCUT2D eigenvalue weighted by molar-refractivity contribution is -0.120. The van der Waals surface area contributed by atoms with Crippen molar-refractivity contribution in [3.05, 3.63) is 35.1 Å². The monoisotopic (exact) mass is 364 g/mol. The number of hydrogen-bond donors (Lipinski definition) is 2. The number of halogens is 1. The van der Waals surface area contributed by atoms with Gasteiger partial charge in [-0.15, -0.1) is 10.2 Å². The summed E-state index contributed by atoms with van der Waals surface area (Å²) in [5, 5.41) is 15.4. The van der Waals surface area contributed by atoms with E-state index in [1.165, 1.54) is 37.3 Å². The Labute approximate surface area is 149 Å².